The molecule has 5 rings (SSSR count). The van der Waals surface area contributed by atoms with Gasteiger partial charge in [0.25, 0.3) is 20.0 Å². The van der Waals surface area contributed by atoms with E-state index in [2.05, 4.69) is 22.0 Å². The Kier molecular flexibility index (Phi) is 8.42. The van der Waals surface area contributed by atoms with Crippen LogP contribution in [0.1, 0.15) is 35.1 Å². The highest BCUT2D eigenvalue weighted by Gasteiger charge is 2.68. The number of hydrogen-bond acceptors (Lipinski definition) is 4. The van der Waals surface area contributed by atoms with Gasteiger partial charge in [0.15, 0.2) is 0 Å². The zero-order valence-corrected chi connectivity index (χ0v) is 26.4. The van der Waals surface area contributed by atoms with Crippen molar-refractivity contribution in [3.05, 3.63) is 157 Å². The van der Waals surface area contributed by atoms with Crippen molar-refractivity contribution < 1.29 is 16.8 Å². The van der Waals surface area contributed by atoms with E-state index in [9.17, 15) is 16.8 Å². The molecule has 0 bridgehead atoms. The third-order valence-electron chi connectivity index (χ3n) is 8.11. The van der Waals surface area contributed by atoms with E-state index in [1.54, 1.807) is 36.4 Å². The number of sulfonamides is 2. The second-order valence-corrected chi connectivity index (χ2v) is 14.2. The zero-order chi connectivity index (χ0) is 31.6. The van der Waals surface area contributed by atoms with E-state index < -0.39 is 30.9 Å². The van der Waals surface area contributed by atoms with Crippen LogP contribution in [0.3, 0.4) is 0 Å². The van der Waals surface area contributed by atoms with Crippen molar-refractivity contribution in [1.82, 2.24) is 0 Å². The molecule has 0 amide bonds. The standard InChI is InChI=1S/C36H34N2O4S2/c1-5-25-35(29-13-9-7-10-14-29)33(37-43(39,40)31-21-17-27(3)18-22-31)36(26-6-2,30-15-11-8-12-16-30)34(35)38-44(41,42)32-23-19-28(4)20-24-32/h5-24H,1-2,25-26H2,3-4H3. The smallest absolute Gasteiger partial charge is 0.199 e. The third kappa shape index (κ3) is 5.29. The molecule has 0 aromatic heterocycles. The van der Waals surface area contributed by atoms with Crippen molar-refractivity contribution in [2.75, 3.05) is 0 Å². The lowest BCUT2D eigenvalue weighted by atomic mass is 9.43. The molecule has 0 aliphatic heterocycles. The van der Waals surface area contributed by atoms with E-state index in [0.717, 1.165) is 11.1 Å². The highest BCUT2D eigenvalue weighted by atomic mass is 32.2. The van der Waals surface area contributed by atoms with Crippen molar-refractivity contribution in [3.8, 4) is 0 Å². The summed E-state index contributed by atoms with van der Waals surface area (Å²) < 4.78 is 65.4. The molecule has 0 N–H and O–H groups in total. The van der Waals surface area contributed by atoms with Crippen molar-refractivity contribution in [3.63, 3.8) is 0 Å². The second kappa shape index (κ2) is 11.9. The number of nitrogens with zero attached hydrogens (tertiary/aromatic N) is 2. The topological polar surface area (TPSA) is 93.0 Å². The number of rotatable bonds is 10. The molecule has 0 unspecified atom stereocenters. The van der Waals surface area contributed by atoms with Crippen molar-refractivity contribution in [2.45, 2.75) is 47.3 Å². The van der Waals surface area contributed by atoms with E-state index >= 15 is 0 Å². The minimum atomic E-state index is -4.24. The van der Waals surface area contributed by atoms with Crippen LogP contribution in [0.25, 0.3) is 0 Å². The molecule has 6 nitrogen and oxygen atoms in total. The van der Waals surface area contributed by atoms with Crippen LogP contribution in [-0.2, 0) is 30.9 Å². The summed E-state index contributed by atoms with van der Waals surface area (Å²) in [6.45, 7) is 11.7. The molecular weight excluding hydrogens is 589 g/mol. The highest BCUT2D eigenvalue weighted by molar-refractivity contribution is 7.90. The summed E-state index contributed by atoms with van der Waals surface area (Å²) in [5.74, 6) is 0. The Morgan fingerprint density at radius 2 is 0.864 bits per heavy atom. The van der Waals surface area contributed by atoms with Gasteiger partial charge in [0.2, 0.25) is 0 Å². The van der Waals surface area contributed by atoms with E-state index in [4.69, 9.17) is 0 Å². The maximum atomic E-state index is 14.0. The van der Waals surface area contributed by atoms with E-state index in [0.29, 0.717) is 11.1 Å². The maximum absolute atomic E-state index is 14.0. The van der Waals surface area contributed by atoms with Gasteiger partial charge in [-0.3, -0.25) is 0 Å². The van der Waals surface area contributed by atoms with E-state index in [1.807, 2.05) is 74.5 Å². The second-order valence-electron chi connectivity index (χ2n) is 11.0. The fraction of sp³-hybridized carbons (Fsp3) is 0.167. The first-order valence-corrected chi connectivity index (χ1v) is 17.1. The first-order chi connectivity index (χ1) is 21.0. The Morgan fingerprint density at radius 3 is 1.16 bits per heavy atom. The van der Waals surface area contributed by atoms with Crippen molar-refractivity contribution in [1.29, 1.82) is 0 Å². The molecule has 1 aliphatic carbocycles. The van der Waals surface area contributed by atoms with Crippen LogP contribution >= 0.6 is 0 Å². The minimum Gasteiger partial charge on any atom is -0.199 e. The van der Waals surface area contributed by atoms with Crippen molar-refractivity contribution >= 4 is 31.5 Å². The van der Waals surface area contributed by atoms with Crippen LogP contribution < -0.4 is 0 Å². The van der Waals surface area contributed by atoms with Crippen LogP contribution in [0.4, 0.5) is 0 Å². The predicted octanol–water partition coefficient (Wildman–Crippen LogP) is 7.30. The van der Waals surface area contributed by atoms with Gasteiger partial charge in [-0.2, -0.15) is 25.6 Å². The van der Waals surface area contributed by atoms with Gasteiger partial charge in [0.05, 0.1) is 32.0 Å². The van der Waals surface area contributed by atoms with Gasteiger partial charge in [0, 0.05) is 0 Å². The normalized spacial score (nSPS) is 20.0. The number of benzene rings is 4. The molecular formula is C36H34N2O4S2. The Morgan fingerprint density at radius 1 is 0.545 bits per heavy atom. The fourth-order valence-corrected chi connectivity index (χ4v) is 8.29. The van der Waals surface area contributed by atoms with Crippen LogP contribution in [0.5, 0.6) is 0 Å². The van der Waals surface area contributed by atoms with Gasteiger partial charge in [-0.15, -0.1) is 13.2 Å². The zero-order valence-electron chi connectivity index (χ0n) is 24.7. The number of hydrogen-bond donors (Lipinski definition) is 0. The molecule has 8 heteroatoms. The van der Waals surface area contributed by atoms with Gasteiger partial charge in [-0.05, 0) is 62.1 Å². The number of aryl methyl sites for hydroxylation is 2. The molecule has 0 heterocycles. The largest absolute Gasteiger partial charge is 0.282 e. The van der Waals surface area contributed by atoms with Crippen LogP contribution in [0.2, 0.25) is 0 Å². The van der Waals surface area contributed by atoms with Gasteiger partial charge in [-0.1, -0.05) is 108 Å². The van der Waals surface area contributed by atoms with Crippen LogP contribution in [-0.4, -0.2) is 28.3 Å². The SMILES string of the molecule is C=CCC1(c2ccccc2)C(=NS(=O)(=O)c2ccc(C)cc2)C(CC=C)(c2ccccc2)C1=NS(=O)(=O)c1ccc(C)cc1. The molecule has 1 saturated carbocycles. The summed E-state index contributed by atoms with van der Waals surface area (Å²) in [4.78, 5) is 0.0730. The summed E-state index contributed by atoms with van der Waals surface area (Å²) in [6.07, 6.45) is 3.62. The molecule has 0 saturated heterocycles. The van der Waals surface area contributed by atoms with Crippen molar-refractivity contribution in [2.24, 2.45) is 8.80 Å². The van der Waals surface area contributed by atoms with E-state index in [1.165, 1.54) is 24.3 Å². The third-order valence-corrected chi connectivity index (χ3v) is 10.7. The Labute approximate surface area is 260 Å². The highest BCUT2D eigenvalue weighted by Crippen LogP contribution is 2.57. The number of allylic oxidation sites excluding steroid dienone is 2. The molecule has 0 radical (unpaired) electrons. The fourth-order valence-electron chi connectivity index (χ4n) is 6.02. The van der Waals surface area contributed by atoms with Gasteiger partial charge in [0.1, 0.15) is 0 Å². The van der Waals surface area contributed by atoms with Crippen LogP contribution in [0.15, 0.2) is 153 Å². The Hall–Kier alpha value is -4.40. The molecule has 4 aromatic rings. The Bertz CT molecular complexity index is 1800. The molecule has 0 spiro atoms. The van der Waals surface area contributed by atoms with Gasteiger partial charge < -0.3 is 0 Å². The summed E-state index contributed by atoms with van der Waals surface area (Å²) in [5.41, 5.74) is 1.02. The molecule has 44 heavy (non-hydrogen) atoms. The quantitative estimate of drug-likeness (QED) is 0.174. The summed E-state index contributed by atoms with van der Waals surface area (Å²) in [6, 6.07) is 31.4. The predicted molar refractivity (Wildman–Crippen MR) is 177 cm³/mol. The lowest BCUT2D eigenvalue weighted by Gasteiger charge is -2.58. The molecule has 4 aromatic carbocycles. The Balaban J connectivity index is 1.93. The summed E-state index contributed by atoms with van der Waals surface area (Å²) in [7, 11) is -8.48. The first kappa shape index (κ1) is 31.0. The van der Waals surface area contributed by atoms with Crippen LogP contribution in [0, 0.1) is 13.8 Å². The van der Waals surface area contributed by atoms with Gasteiger partial charge >= 0.3 is 0 Å². The molecule has 1 fully saturated rings. The minimum absolute atomic E-state index is 0.0365. The van der Waals surface area contributed by atoms with E-state index in [-0.39, 0.29) is 34.1 Å². The first-order valence-electron chi connectivity index (χ1n) is 14.2. The lowest BCUT2D eigenvalue weighted by Crippen LogP contribution is -2.72. The maximum Gasteiger partial charge on any atom is 0.282 e. The lowest BCUT2D eigenvalue weighted by molar-refractivity contribution is 0.555. The molecule has 0 atom stereocenters. The monoisotopic (exact) mass is 622 g/mol. The average Bonchev–Trinajstić information content (AvgIpc) is 3.02. The average molecular weight is 623 g/mol. The van der Waals surface area contributed by atoms with Gasteiger partial charge in [-0.25, -0.2) is 0 Å². The molecule has 1 aliphatic rings. The molecule has 224 valence electrons. The summed E-state index contributed by atoms with van der Waals surface area (Å²) >= 11 is 0. The summed E-state index contributed by atoms with van der Waals surface area (Å²) in [5, 5.41) is 0.